The number of hydrogen-bond acceptors (Lipinski definition) is 3. The Labute approximate surface area is 140 Å². The number of carbonyl (C=O) groups excluding carboxylic acids is 1. The minimum Gasteiger partial charge on any atom is -0.367 e. The Kier molecular flexibility index (Phi) is 4.99. The van der Waals surface area contributed by atoms with Gasteiger partial charge in [-0.1, -0.05) is 66.7 Å². The maximum Gasteiger partial charge on any atom is 0.273 e. The van der Waals surface area contributed by atoms with Crippen LogP contribution in [-0.4, -0.2) is 19.2 Å². The predicted molar refractivity (Wildman–Crippen MR) is 95.9 cm³/mol. The van der Waals surface area contributed by atoms with Gasteiger partial charge in [0.2, 0.25) is 0 Å². The summed E-state index contributed by atoms with van der Waals surface area (Å²) in [6, 6.07) is 23.4. The second-order valence-electron chi connectivity index (χ2n) is 5.37. The number of hydrogen-bond donors (Lipinski definition) is 1. The molecule has 4 nitrogen and oxygen atoms in total. The molecule has 3 aromatic carbocycles. The van der Waals surface area contributed by atoms with E-state index >= 15 is 0 Å². The largest absolute Gasteiger partial charge is 0.367 e. The van der Waals surface area contributed by atoms with Gasteiger partial charge in [0, 0.05) is 7.11 Å². The van der Waals surface area contributed by atoms with Crippen LogP contribution in [0.25, 0.3) is 10.8 Å². The molecule has 1 amide bonds. The first-order valence-electron chi connectivity index (χ1n) is 7.67. The molecular formula is C20H18N2O2. The van der Waals surface area contributed by atoms with E-state index in [0.717, 1.165) is 16.5 Å². The number of nitrogens with zero attached hydrogens (tertiary/aromatic N) is 1. The lowest BCUT2D eigenvalue weighted by molar-refractivity contribution is -0.131. The Balaban J connectivity index is 1.69. The zero-order valence-electron chi connectivity index (χ0n) is 13.3. The Morgan fingerprint density at radius 3 is 2.46 bits per heavy atom. The predicted octanol–water partition coefficient (Wildman–Crippen LogP) is 3.68. The summed E-state index contributed by atoms with van der Waals surface area (Å²) in [5.74, 6) is -0.305. The first kappa shape index (κ1) is 15.9. The number of ether oxygens (including phenoxy) is 1. The number of nitrogens with one attached hydrogen (secondary N) is 1. The van der Waals surface area contributed by atoms with E-state index in [-0.39, 0.29) is 5.91 Å². The van der Waals surface area contributed by atoms with Gasteiger partial charge in [-0.05, 0) is 28.0 Å². The minimum atomic E-state index is -0.681. The van der Waals surface area contributed by atoms with Crippen LogP contribution >= 0.6 is 0 Å². The molecule has 1 N–H and O–H groups in total. The lowest BCUT2D eigenvalue weighted by Crippen LogP contribution is -2.26. The summed E-state index contributed by atoms with van der Waals surface area (Å²) >= 11 is 0. The van der Waals surface area contributed by atoms with Crippen LogP contribution < -0.4 is 5.43 Å². The summed E-state index contributed by atoms with van der Waals surface area (Å²) in [5.41, 5.74) is 4.24. The van der Waals surface area contributed by atoms with Crippen LogP contribution in [0.15, 0.2) is 77.9 Å². The fourth-order valence-corrected chi connectivity index (χ4v) is 2.54. The third-order valence-corrected chi connectivity index (χ3v) is 3.74. The molecule has 24 heavy (non-hydrogen) atoms. The number of carbonyl (C=O) groups is 1. The second-order valence-corrected chi connectivity index (χ2v) is 5.37. The molecule has 0 heterocycles. The molecule has 0 aliphatic heterocycles. The van der Waals surface area contributed by atoms with Crippen molar-refractivity contribution in [1.29, 1.82) is 0 Å². The lowest BCUT2D eigenvalue weighted by Gasteiger charge is -2.13. The van der Waals surface area contributed by atoms with Crippen LogP contribution in [-0.2, 0) is 9.53 Å². The number of benzene rings is 3. The van der Waals surface area contributed by atoms with Crippen LogP contribution in [0.4, 0.5) is 0 Å². The Morgan fingerprint density at radius 2 is 1.71 bits per heavy atom. The number of fused-ring (bicyclic) bond motifs is 1. The van der Waals surface area contributed by atoms with Crippen molar-refractivity contribution in [3.8, 4) is 0 Å². The van der Waals surface area contributed by atoms with Gasteiger partial charge in [-0.3, -0.25) is 4.79 Å². The quantitative estimate of drug-likeness (QED) is 0.576. The summed E-state index contributed by atoms with van der Waals surface area (Å²) in [7, 11) is 1.50. The average Bonchev–Trinajstić information content (AvgIpc) is 2.63. The molecule has 0 bridgehead atoms. The summed E-state index contributed by atoms with van der Waals surface area (Å²) in [6.45, 7) is 0. The molecule has 0 radical (unpaired) electrons. The van der Waals surface area contributed by atoms with Crippen LogP contribution in [0.2, 0.25) is 0 Å². The van der Waals surface area contributed by atoms with Crippen molar-refractivity contribution in [2.24, 2.45) is 5.10 Å². The van der Waals surface area contributed by atoms with Gasteiger partial charge in [-0.25, -0.2) is 5.43 Å². The third-order valence-electron chi connectivity index (χ3n) is 3.74. The Hall–Kier alpha value is -2.98. The second kappa shape index (κ2) is 7.53. The van der Waals surface area contributed by atoms with E-state index in [4.69, 9.17) is 4.74 Å². The normalized spacial score (nSPS) is 12.4. The molecule has 0 aliphatic rings. The van der Waals surface area contributed by atoms with Crippen LogP contribution in [0.1, 0.15) is 17.2 Å². The third kappa shape index (κ3) is 3.67. The molecule has 0 spiro atoms. The topological polar surface area (TPSA) is 50.7 Å². The zero-order chi connectivity index (χ0) is 16.8. The van der Waals surface area contributed by atoms with Crippen molar-refractivity contribution in [2.75, 3.05) is 7.11 Å². The standard InChI is InChI=1S/C20H18N2O2/c1-24-19(17-8-3-2-4-9-17)20(23)22-21-14-15-11-12-16-7-5-6-10-18(16)13-15/h2-14,19H,1H3,(H,22,23)/b21-14+. The lowest BCUT2D eigenvalue weighted by atomic mass is 10.1. The van der Waals surface area contributed by atoms with Gasteiger partial charge in [0.05, 0.1) is 6.21 Å². The molecule has 0 saturated heterocycles. The number of amides is 1. The van der Waals surface area contributed by atoms with Crippen molar-refractivity contribution in [1.82, 2.24) is 5.43 Å². The monoisotopic (exact) mass is 318 g/mol. The highest BCUT2D eigenvalue weighted by Crippen LogP contribution is 2.16. The summed E-state index contributed by atoms with van der Waals surface area (Å²) in [4.78, 5) is 12.2. The molecule has 3 rings (SSSR count). The van der Waals surface area contributed by atoms with Gasteiger partial charge in [0.1, 0.15) is 0 Å². The van der Waals surface area contributed by atoms with Gasteiger partial charge in [-0.15, -0.1) is 0 Å². The average molecular weight is 318 g/mol. The molecular weight excluding hydrogens is 300 g/mol. The summed E-state index contributed by atoms with van der Waals surface area (Å²) in [5, 5.41) is 6.34. The van der Waals surface area contributed by atoms with Crippen molar-refractivity contribution in [2.45, 2.75) is 6.10 Å². The van der Waals surface area contributed by atoms with Crippen LogP contribution in [0.3, 0.4) is 0 Å². The van der Waals surface area contributed by atoms with Crippen LogP contribution in [0.5, 0.6) is 0 Å². The first-order valence-corrected chi connectivity index (χ1v) is 7.67. The van der Waals surface area contributed by atoms with Crippen molar-refractivity contribution in [3.63, 3.8) is 0 Å². The number of hydrazone groups is 1. The number of rotatable bonds is 5. The smallest absolute Gasteiger partial charge is 0.273 e. The highest BCUT2D eigenvalue weighted by Gasteiger charge is 2.18. The maximum atomic E-state index is 12.2. The Bertz CT molecular complexity index is 860. The summed E-state index contributed by atoms with van der Waals surface area (Å²) < 4.78 is 5.27. The fraction of sp³-hybridized carbons (Fsp3) is 0.100. The highest BCUT2D eigenvalue weighted by molar-refractivity contribution is 5.91. The zero-order valence-corrected chi connectivity index (χ0v) is 13.3. The van der Waals surface area contributed by atoms with E-state index in [1.165, 1.54) is 12.5 Å². The van der Waals surface area contributed by atoms with Crippen molar-refractivity contribution in [3.05, 3.63) is 83.9 Å². The van der Waals surface area contributed by atoms with Gasteiger partial charge >= 0.3 is 0 Å². The Morgan fingerprint density at radius 1 is 1.00 bits per heavy atom. The van der Waals surface area contributed by atoms with E-state index in [9.17, 15) is 4.79 Å². The molecule has 0 fully saturated rings. The van der Waals surface area contributed by atoms with E-state index in [2.05, 4.69) is 16.6 Å². The van der Waals surface area contributed by atoms with Crippen molar-refractivity contribution < 1.29 is 9.53 Å². The molecule has 120 valence electrons. The van der Waals surface area contributed by atoms with E-state index in [1.807, 2.05) is 66.7 Å². The molecule has 0 saturated carbocycles. The van der Waals surface area contributed by atoms with E-state index in [0.29, 0.717) is 0 Å². The first-order chi connectivity index (χ1) is 11.8. The molecule has 4 heteroatoms. The molecule has 3 aromatic rings. The SMILES string of the molecule is COC(C(=O)N/N=C/c1ccc2ccccc2c1)c1ccccc1. The van der Waals surface area contributed by atoms with Gasteiger partial charge in [-0.2, -0.15) is 5.10 Å². The molecule has 0 aliphatic carbocycles. The highest BCUT2D eigenvalue weighted by atomic mass is 16.5. The fourth-order valence-electron chi connectivity index (χ4n) is 2.54. The van der Waals surface area contributed by atoms with E-state index < -0.39 is 6.10 Å². The van der Waals surface area contributed by atoms with Gasteiger partial charge < -0.3 is 4.74 Å². The maximum absolute atomic E-state index is 12.2. The van der Waals surface area contributed by atoms with Crippen molar-refractivity contribution >= 4 is 22.9 Å². The summed E-state index contributed by atoms with van der Waals surface area (Å²) in [6.07, 6.45) is 0.946. The minimum absolute atomic E-state index is 0.305. The van der Waals surface area contributed by atoms with E-state index in [1.54, 1.807) is 6.21 Å². The van der Waals surface area contributed by atoms with Gasteiger partial charge in [0.25, 0.3) is 5.91 Å². The molecule has 1 atom stereocenters. The van der Waals surface area contributed by atoms with Gasteiger partial charge in [0.15, 0.2) is 6.10 Å². The molecule has 0 aromatic heterocycles. The molecule has 1 unspecified atom stereocenters. The van der Waals surface area contributed by atoms with Crippen LogP contribution in [0, 0.1) is 0 Å². The number of methoxy groups -OCH3 is 1.